The topological polar surface area (TPSA) is 9.72 Å². The smallest absolute Gasteiger partial charge is 0.0463 e. The Morgan fingerprint density at radius 2 is 0.717 bits per heavy atom. The van der Waals surface area contributed by atoms with E-state index in [1.165, 1.54) is 28.1 Å². The largest absolute Gasteiger partial charge is 0.372 e. The van der Waals surface area contributed by atoms with Crippen LogP contribution >= 0.6 is 0 Å². The third-order valence-corrected chi connectivity index (χ3v) is 8.05. The summed E-state index contributed by atoms with van der Waals surface area (Å²) in [5.74, 6) is 0. The molecule has 0 N–H and O–H groups in total. The molecule has 236 valence electrons. The Morgan fingerprint density at radius 1 is 0.391 bits per heavy atom. The molecule has 3 heteroatoms. The number of anilines is 5. The summed E-state index contributed by atoms with van der Waals surface area (Å²) in [6, 6.07) is 47.3. The van der Waals surface area contributed by atoms with E-state index < -0.39 is 0 Å². The van der Waals surface area contributed by atoms with Crippen LogP contribution in [0.5, 0.6) is 0 Å². The molecular weight excluding hydrogens is 558 g/mol. The zero-order valence-corrected chi connectivity index (χ0v) is 28.2. The van der Waals surface area contributed by atoms with Crippen LogP contribution in [0.2, 0.25) is 0 Å². The van der Waals surface area contributed by atoms with E-state index in [-0.39, 0.29) is 0 Å². The first-order chi connectivity index (χ1) is 22.6. The van der Waals surface area contributed by atoms with E-state index in [9.17, 15) is 0 Å². The number of hydrogen-bond acceptors (Lipinski definition) is 3. The standard InChI is InChI=1S/C36H41N3.C7H8/c1-5-37(6-2)32-22-26-35(27-23-32)39(36-28-24-33(25-29-36)38(7-3)8-4)34-20-18-31(19-21-34)17-13-12-16-30-14-10-9-11-15-30;1-7-5-3-2-4-6-7/h9-29H,5-8H2,1-4H3;2-6H,1H3/b16-12+,17-13+;. The van der Waals surface area contributed by atoms with Crippen molar-refractivity contribution in [3.63, 3.8) is 0 Å². The van der Waals surface area contributed by atoms with E-state index in [0.29, 0.717) is 0 Å². The maximum absolute atomic E-state index is 2.38. The highest BCUT2D eigenvalue weighted by Crippen LogP contribution is 2.36. The molecule has 0 saturated heterocycles. The van der Waals surface area contributed by atoms with Gasteiger partial charge in [-0.2, -0.15) is 0 Å². The van der Waals surface area contributed by atoms with Crippen LogP contribution in [-0.4, -0.2) is 26.2 Å². The zero-order valence-electron chi connectivity index (χ0n) is 28.2. The van der Waals surface area contributed by atoms with Crippen molar-refractivity contribution < 1.29 is 0 Å². The SMILES string of the molecule is CCN(CC)c1ccc(N(c2ccc(/C=C/C=C/c3ccccc3)cc2)c2ccc(N(CC)CC)cc2)cc1.Cc1ccccc1. The summed E-state index contributed by atoms with van der Waals surface area (Å²) >= 11 is 0. The van der Waals surface area contributed by atoms with Gasteiger partial charge in [0.2, 0.25) is 0 Å². The molecule has 0 saturated carbocycles. The highest BCUT2D eigenvalue weighted by Gasteiger charge is 2.14. The molecule has 0 aliphatic carbocycles. The third-order valence-electron chi connectivity index (χ3n) is 8.05. The molecule has 0 bridgehead atoms. The fourth-order valence-electron chi connectivity index (χ4n) is 5.42. The molecule has 0 aliphatic heterocycles. The molecule has 0 aromatic heterocycles. The van der Waals surface area contributed by atoms with Crippen LogP contribution in [0, 0.1) is 6.92 Å². The highest BCUT2D eigenvalue weighted by atomic mass is 15.2. The summed E-state index contributed by atoms with van der Waals surface area (Å²) in [5, 5.41) is 0. The van der Waals surface area contributed by atoms with Crippen LogP contribution in [0.3, 0.4) is 0 Å². The average molecular weight is 608 g/mol. The second kappa shape index (κ2) is 18.1. The van der Waals surface area contributed by atoms with Gasteiger partial charge >= 0.3 is 0 Å². The molecule has 0 aliphatic rings. The Hall–Kier alpha value is -5.02. The lowest BCUT2D eigenvalue weighted by Crippen LogP contribution is -2.22. The molecular formula is C43H49N3. The van der Waals surface area contributed by atoms with Gasteiger partial charge in [-0.25, -0.2) is 0 Å². The molecule has 3 nitrogen and oxygen atoms in total. The average Bonchev–Trinajstić information content (AvgIpc) is 3.11. The predicted molar refractivity (Wildman–Crippen MR) is 204 cm³/mol. The molecule has 0 radical (unpaired) electrons. The van der Waals surface area contributed by atoms with Crippen LogP contribution < -0.4 is 14.7 Å². The molecule has 46 heavy (non-hydrogen) atoms. The molecule has 0 spiro atoms. The minimum absolute atomic E-state index is 1.00. The summed E-state index contributed by atoms with van der Waals surface area (Å²) in [7, 11) is 0. The van der Waals surface area contributed by atoms with Gasteiger partial charge in [-0.3, -0.25) is 0 Å². The van der Waals surface area contributed by atoms with Gasteiger partial charge in [-0.15, -0.1) is 0 Å². The van der Waals surface area contributed by atoms with Crippen molar-refractivity contribution in [2.45, 2.75) is 34.6 Å². The minimum atomic E-state index is 1.00. The number of hydrogen-bond donors (Lipinski definition) is 0. The first-order valence-corrected chi connectivity index (χ1v) is 16.6. The van der Waals surface area contributed by atoms with Crippen LogP contribution in [0.4, 0.5) is 28.4 Å². The van der Waals surface area contributed by atoms with Gasteiger partial charge in [0.15, 0.2) is 0 Å². The fraction of sp³-hybridized carbons (Fsp3) is 0.209. The molecule has 5 rings (SSSR count). The Morgan fingerprint density at radius 3 is 1.07 bits per heavy atom. The fourth-order valence-corrected chi connectivity index (χ4v) is 5.42. The summed E-state index contributed by atoms with van der Waals surface area (Å²) in [5.41, 5.74) is 9.64. The van der Waals surface area contributed by atoms with E-state index >= 15 is 0 Å². The number of benzene rings is 5. The number of allylic oxidation sites excluding steroid dienone is 2. The number of nitrogens with zero attached hydrogens (tertiary/aromatic N) is 3. The number of rotatable bonds is 12. The van der Waals surface area contributed by atoms with Crippen LogP contribution in [0.15, 0.2) is 146 Å². The maximum atomic E-state index is 2.38. The van der Waals surface area contributed by atoms with Crippen molar-refractivity contribution in [2.75, 3.05) is 40.9 Å². The summed E-state index contributed by atoms with van der Waals surface area (Å²) in [6.07, 6.45) is 8.45. The monoisotopic (exact) mass is 607 g/mol. The molecule has 5 aromatic carbocycles. The molecule has 0 amide bonds. The molecule has 0 atom stereocenters. The van der Waals surface area contributed by atoms with Crippen molar-refractivity contribution in [2.24, 2.45) is 0 Å². The Bertz CT molecular complexity index is 1540. The van der Waals surface area contributed by atoms with Crippen molar-refractivity contribution in [1.29, 1.82) is 0 Å². The lowest BCUT2D eigenvalue weighted by atomic mass is 10.1. The van der Waals surface area contributed by atoms with Gasteiger partial charge in [-0.1, -0.05) is 103 Å². The molecule has 5 aromatic rings. The summed E-state index contributed by atoms with van der Waals surface area (Å²) < 4.78 is 0. The maximum Gasteiger partial charge on any atom is 0.0463 e. The Labute approximate surface area is 277 Å². The van der Waals surface area contributed by atoms with E-state index in [1.807, 2.05) is 24.3 Å². The van der Waals surface area contributed by atoms with Crippen molar-refractivity contribution in [3.05, 3.63) is 162 Å². The second-order valence-corrected chi connectivity index (χ2v) is 11.1. The van der Waals surface area contributed by atoms with Crippen molar-refractivity contribution in [3.8, 4) is 0 Å². The van der Waals surface area contributed by atoms with Crippen LogP contribution in [0.1, 0.15) is 44.4 Å². The lowest BCUT2D eigenvalue weighted by molar-refractivity contribution is 0.866. The Balaban J connectivity index is 0.000000606. The predicted octanol–water partition coefficient (Wildman–Crippen LogP) is 11.6. The van der Waals surface area contributed by atoms with Crippen LogP contribution in [0.25, 0.3) is 12.2 Å². The van der Waals surface area contributed by atoms with Crippen molar-refractivity contribution >= 4 is 40.6 Å². The van der Waals surface area contributed by atoms with E-state index in [4.69, 9.17) is 0 Å². The quantitative estimate of drug-likeness (QED) is 0.131. The highest BCUT2D eigenvalue weighted by molar-refractivity contribution is 5.79. The van der Waals surface area contributed by atoms with Gasteiger partial charge in [0, 0.05) is 54.6 Å². The van der Waals surface area contributed by atoms with E-state index in [2.05, 4.69) is 183 Å². The van der Waals surface area contributed by atoms with Gasteiger partial charge < -0.3 is 14.7 Å². The Kier molecular flexibility index (Phi) is 13.3. The van der Waals surface area contributed by atoms with Crippen molar-refractivity contribution in [1.82, 2.24) is 0 Å². The van der Waals surface area contributed by atoms with Gasteiger partial charge in [-0.05, 0) is 106 Å². The lowest BCUT2D eigenvalue weighted by Gasteiger charge is -2.28. The second-order valence-electron chi connectivity index (χ2n) is 11.1. The third kappa shape index (κ3) is 9.74. The molecule has 0 unspecified atom stereocenters. The van der Waals surface area contributed by atoms with Gasteiger partial charge in [0.1, 0.15) is 0 Å². The summed E-state index contributed by atoms with van der Waals surface area (Å²) in [6.45, 7) is 14.9. The van der Waals surface area contributed by atoms with E-state index in [1.54, 1.807) is 0 Å². The molecule has 0 heterocycles. The normalized spacial score (nSPS) is 10.9. The first kappa shape index (κ1) is 33.9. The van der Waals surface area contributed by atoms with Crippen LogP contribution in [-0.2, 0) is 0 Å². The van der Waals surface area contributed by atoms with Gasteiger partial charge in [0.05, 0.1) is 0 Å². The molecule has 0 fully saturated rings. The number of aryl methyl sites for hydroxylation is 1. The van der Waals surface area contributed by atoms with E-state index in [0.717, 1.165) is 43.2 Å². The minimum Gasteiger partial charge on any atom is -0.372 e. The van der Waals surface area contributed by atoms with Gasteiger partial charge in [0.25, 0.3) is 0 Å². The summed E-state index contributed by atoms with van der Waals surface area (Å²) in [4.78, 5) is 7.08. The zero-order chi connectivity index (χ0) is 32.6. The first-order valence-electron chi connectivity index (χ1n) is 16.6.